The molecule has 0 aliphatic carbocycles. The van der Waals surface area contributed by atoms with Gasteiger partial charge in [-0.15, -0.1) is 0 Å². The van der Waals surface area contributed by atoms with Crippen molar-refractivity contribution in [3.63, 3.8) is 0 Å². The fourth-order valence-electron chi connectivity index (χ4n) is 1.39. The maximum atomic E-state index is 10.3. The topological polar surface area (TPSA) is 77.4 Å². The fourth-order valence-corrected chi connectivity index (χ4v) is 1.95. The molecule has 0 spiro atoms. The molecule has 4 nitrogen and oxygen atoms in total. The van der Waals surface area contributed by atoms with Gasteiger partial charge in [0.1, 0.15) is 0 Å². The normalized spacial score (nSPS) is 13.2. The fraction of sp³-hybridized carbons (Fsp3) is 1.00. The largest absolute Gasteiger partial charge is 1.00 e. The van der Waals surface area contributed by atoms with E-state index >= 15 is 0 Å². The van der Waals surface area contributed by atoms with E-state index in [1.807, 2.05) is 6.92 Å². The van der Waals surface area contributed by atoms with E-state index in [1.54, 1.807) is 0 Å². The molecule has 0 aliphatic heterocycles. The summed E-state index contributed by atoms with van der Waals surface area (Å²) in [6, 6.07) is 0. The molecule has 1 atom stereocenters. The van der Waals surface area contributed by atoms with Crippen LogP contribution in [0.2, 0.25) is 0 Å². The predicted molar refractivity (Wildman–Crippen MR) is 58.6 cm³/mol. The summed E-state index contributed by atoms with van der Waals surface area (Å²) in [7, 11) is -4.02. The van der Waals surface area contributed by atoms with Gasteiger partial charge in [0.25, 0.3) is 0 Å². The number of hydrogen-bond donors (Lipinski definition) is 1. The SMILES string of the molecule is CCC(O)CCCCCCCS(=O)(=O)[O-].[Na+]. The standard InChI is InChI=1S/C10H22O4S.Na/c1-2-10(11)8-6-4-3-5-7-9-15(12,13)14;/h10-11H,2-9H2,1H3,(H,12,13,14);/q;+1/p-1. The summed E-state index contributed by atoms with van der Waals surface area (Å²) < 4.78 is 30.8. The molecule has 92 valence electrons. The van der Waals surface area contributed by atoms with Gasteiger partial charge in [-0.05, 0) is 19.3 Å². The van der Waals surface area contributed by atoms with Gasteiger partial charge >= 0.3 is 29.6 Å². The minimum absolute atomic E-state index is 0. The van der Waals surface area contributed by atoms with Crippen LogP contribution in [0.3, 0.4) is 0 Å². The van der Waals surface area contributed by atoms with Crippen molar-refractivity contribution in [2.24, 2.45) is 0 Å². The first-order chi connectivity index (χ1) is 6.95. The first kappa shape index (κ1) is 19.2. The zero-order chi connectivity index (χ0) is 11.7. The summed E-state index contributed by atoms with van der Waals surface area (Å²) in [5.41, 5.74) is 0. The molecule has 0 aliphatic rings. The van der Waals surface area contributed by atoms with E-state index in [4.69, 9.17) is 0 Å². The summed E-state index contributed by atoms with van der Waals surface area (Å²) in [4.78, 5) is 0. The van der Waals surface area contributed by atoms with Crippen molar-refractivity contribution in [1.29, 1.82) is 0 Å². The second-order valence-electron chi connectivity index (χ2n) is 3.88. The molecule has 6 heteroatoms. The number of aliphatic hydroxyl groups excluding tert-OH is 1. The zero-order valence-electron chi connectivity index (χ0n) is 10.3. The van der Waals surface area contributed by atoms with E-state index in [2.05, 4.69) is 0 Å². The average Bonchev–Trinajstić information content (AvgIpc) is 2.14. The van der Waals surface area contributed by atoms with Crippen molar-refractivity contribution in [1.82, 2.24) is 0 Å². The van der Waals surface area contributed by atoms with Crippen LogP contribution in [-0.2, 0) is 10.1 Å². The van der Waals surface area contributed by atoms with Gasteiger partial charge in [-0.25, -0.2) is 8.42 Å². The molecule has 1 N–H and O–H groups in total. The van der Waals surface area contributed by atoms with Gasteiger partial charge in [-0.2, -0.15) is 0 Å². The maximum absolute atomic E-state index is 10.3. The molecule has 0 fully saturated rings. The van der Waals surface area contributed by atoms with E-state index in [0.29, 0.717) is 6.42 Å². The van der Waals surface area contributed by atoms with Crippen LogP contribution in [0.15, 0.2) is 0 Å². The summed E-state index contributed by atoms with van der Waals surface area (Å²) in [5.74, 6) is -0.245. The third-order valence-corrected chi connectivity index (χ3v) is 3.19. The molecule has 0 aromatic rings. The van der Waals surface area contributed by atoms with E-state index in [1.165, 1.54) is 0 Å². The molecule has 0 heterocycles. The molecule has 0 saturated heterocycles. The third-order valence-electron chi connectivity index (χ3n) is 2.40. The van der Waals surface area contributed by atoms with Gasteiger partial charge in [0.2, 0.25) is 0 Å². The van der Waals surface area contributed by atoms with Crippen molar-refractivity contribution in [2.75, 3.05) is 5.75 Å². The Morgan fingerprint density at radius 1 is 1.12 bits per heavy atom. The molecular formula is C10H21NaO4S. The van der Waals surface area contributed by atoms with Crippen LogP contribution in [0.4, 0.5) is 0 Å². The predicted octanol–water partition coefficient (Wildman–Crippen LogP) is -1.35. The minimum Gasteiger partial charge on any atom is -0.748 e. The van der Waals surface area contributed by atoms with Crippen molar-refractivity contribution in [2.45, 2.75) is 58.0 Å². The Balaban J connectivity index is 0. The van der Waals surface area contributed by atoms with Crippen molar-refractivity contribution in [3.8, 4) is 0 Å². The van der Waals surface area contributed by atoms with Crippen LogP contribution in [0, 0.1) is 0 Å². The monoisotopic (exact) mass is 260 g/mol. The van der Waals surface area contributed by atoms with Crippen LogP contribution in [0.5, 0.6) is 0 Å². The van der Waals surface area contributed by atoms with E-state index in [-0.39, 0.29) is 41.4 Å². The number of rotatable bonds is 9. The molecule has 16 heavy (non-hydrogen) atoms. The maximum Gasteiger partial charge on any atom is 1.00 e. The Kier molecular flexibility index (Phi) is 13.2. The van der Waals surface area contributed by atoms with Crippen LogP contribution < -0.4 is 29.6 Å². The van der Waals surface area contributed by atoms with E-state index < -0.39 is 10.1 Å². The van der Waals surface area contributed by atoms with Gasteiger partial charge in [-0.1, -0.05) is 32.6 Å². The number of aliphatic hydroxyl groups is 1. The molecule has 0 aromatic heterocycles. The number of hydrogen-bond acceptors (Lipinski definition) is 4. The Morgan fingerprint density at radius 2 is 1.62 bits per heavy atom. The Morgan fingerprint density at radius 3 is 2.12 bits per heavy atom. The first-order valence-corrected chi connectivity index (χ1v) is 7.15. The van der Waals surface area contributed by atoms with E-state index in [0.717, 1.165) is 38.5 Å². The van der Waals surface area contributed by atoms with Crippen LogP contribution in [-0.4, -0.2) is 29.9 Å². The summed E-state index contributed by atoms with van der Waals surface area (Å²) in [5, 5.41) is 9.25. The zero-order valence-corrected chi connectivity index (χ0v) is 13.1. The smallest absolute Gasteiger partial charge is 0.748 e. The van der Waals surface area contributed by atoms with Crippen molar-refractivity contribution >= 4 is 10.1 Å². The van der Waals surface area contributed by atoms with Crippen molar-refractivity contribution in [3.05, 3.63) is 0 Å². The first-order valence-electron chi connectivity index (χ1n) is 5.57. The van der Waals surface area contributed by atoms with Crippen molar-refractivity contribution < 1.29 is 47.6 Å². The summed E-state index contributed by atoms with van der Waals surface area (Å²) in [6.07, 6.45) is 5.55. The molecule has 0 aromatic carbocycles. The van der Waals surface area contributed by atoms with Crippen LogP contribution in [0.1, 0.15) is 51.9 Å². The molecule has 0 amide bonds. The second-order valence-corrected chi connectivity index (χ2v) is 5.40. The second kappa shape index (κ2) is 11.0. The third kappa shape index (κ3) is 14.9. The number of unbranched alkanes of at least 4 members (excludes halogenated alkanes) is 4. The molecule has 0 saturated carbocycles. The van der Waals surface area contributed by atoms with Gasteiger partial charge in [0.15, 0.2) is 0 Å². The molecule has 0 bridgehead atoms. The molecule has 0 rings (SSSR count). The summed E-state index contributed by atoms with van der Waals surface area (Å²) >= 11 is 0. The van der Waals surface area contributed by atoms with Gasteiger partial charge in [0, 0.05) is 5.75 Å². The van der Waals surface area contributed by atoms with Gasteiger partial charge in [-0.3, -0.25) is 0 Å². The van der Waals surface area contributed by atoms with E-state index in [9.17, 15) is 18.1 Å². The van der Waals surface area contributed by atoms with Crippen LogP contribution in [0.25, 0.3) is 0 Å². The molecule has 1 unspecified atom stereocenters. The van der Waals surface area contributed by atoms with Gasteiger partial charge < -0.3 is 9.66 Å². The minimum atomic E-state index is -4.02. The summed E-state index contributed by atoms with van der Waals surface area (Å²) in [6.45, 7) is 1.95. The molecular weight excluding hydrogens is 239 g/mol. The average molecular weight is 260 g/mol. The Bertz CT molecular complexity index is 241. The Hall–Kier alpha value is 0.870. The van der Waals surface area contributed by atoms with Crippen LogP contribution >= 0.6 is 0 Å². The van der Waals surface area contributed by atoms with Gasteiger partial charge in [0.05, 0.1) is 16.2 Å². The quantitative estimate of drug-likeness (QED) is 0.316. The molecule has 0 radical (unpaired) electrons. The Labute approximate surface area is 121 Å².